The summed E-state index contributed by atoms with van der Waals surface area (Å²) in [4.78, 5) is 39.8. The van der Waals surface area contributed by atoms with E-state index in [4.69, 9.17) is 4.74 Å². The summed E-state index contributed by atoms with van der Waals surface area (Å²) in [7, 11) is 6.78. The zero-order chi connectivity index (χ0) is 20.7. The Labute approximate surface area is 164 Å². The predicted octanol–water partition coefficient (Wildman–Crippen LogP) is 2.35. The summed E-state index contributed by atoms with van der Waals surface area (Å²) in [6.45, 7) is -0.0243. The number of esters is 2. The Morgan fingerprint density at radius 2 is 1.43 bits per heavy atom. The number of anilines is 1. The molecule has 0 aliphatic carbocycles. The lowest BCUT2D eigenvalue weighted by Crippen LogP contribution is -2.31. The fraction of sp³-hybridized carbons (Fsp3) is 0.286. The molecule has 0 radical (unpaired) electrons. The van der Waals surface area contributed by atoms with Crippen molar-refractivity contribution in [2.75, 3.05) is 39.8 Å². The first-order valence-corrected chi connectivity index (χ1v) is 8.68. The van der Waals surface area contributed by atoms with E-state index >= 15 is 0 Å². The van der Waals surface area contributed by atoms with Gasteiger partial charge in [0.15, 0.2) is 6.61 Å². The molecule has 0 fully saturated rings. The van der Waals surface area contributed by atoms with Crippen molar-refractivity contribution < 1.29 is 23.9 Å². The molecule has 7 nitrogen and oxygen atoms in total. The molecular formula is C21H24N2O5. The van der Waals surface area contributed by atoms with Gasteiger partial charge in [0.1, 0.15) is 0 Å². The highest BCUT2D eigenvalue weighted by molar-refractivity contribution is 6.03. The molecule has 0 heterocycles. The predicted molar refractivity (Wildman–Crippen MR) is 105 cm³/mol. The summed E-state index contributed by atoms with van der Waals surface area (Å²) >= 11 is 0. The van der Waals surface area contributed by atoms with E-state index in [1.165, 1.54) is 24.1 Å². The van der Waals surface area contributed by atoms with Gasteiger partial charge >= 0.3 is 11.9 Å². The molecule has 0 aliphatic heterocycles. The van der Waals surface area contributed by atoms with Gasteiger partial charge in [0.2, 0.25) is 0 Å². The first kappa shape index (κ1) is 21.0. The summed E-state index contributed by atoms with van der Waals surface area (Å²) in [5.41, 5.74) is 2.18. The van der Waals surface area contributed by atoms with Crippen molar-refractivity contribution in [2.24, 2.45) is 0 Å². The lowest BCUT2D eigenvalue weighted by Gasteiger charge is -2.18. The van der Waals surface area contributed by atoms with E-state index < -0.39 is 18.5 Å². The van der Waals surface area contributed by atoms with Crippen LogP contribution in [0.2, 0.25) is 0 Å². The highest BCUT2D eigenvalue weighted by atomic mass is 16.5. The summed E-state index contributed by atoms with van der Waals surface area (Å²) in [5, 5.41) is 0. The van der Waals surface area contributed by atoms with Crippen molar-refractivity contribution in [3.63, 3.8) is 0 Å². The third-order valence-electron chi connectivity index (χ3n) is 4.18. The Morgan fingerprint density at radius 3 is 1.96 bits per heavy atom. The summed E-state index contributed by atoms with van der Waals surface area (Å²) in [6, 6.07) is 14.0. The fourth-order valence-electron chi connectivity index (χ4n) is 2.53. The summed E-state index contributed by atoms with van der Waals surface area (Å²) in [5.74, 6) is -1.74. The maximum atomic E-state index is 12.3. The zero-order valence-electron chi connectivity index (χ0n) is 16.5. The van der Waals surface area contributed by atoms with Crippen LogP contribution in [0, 0.1) is 0 Å². The SMILES string of the molecule is COC(=O)c1ccccc1C(=O)OCC(=O)N(C)Cc1ccc(N(C)C)cc1. The number of rotatable bonds is 7. The molecule has 0 aliphatic rings. The maximum absolute atomic E-state index is 12.3. The molecule has 0 bridgehead atoms. The van der Waals surface area contributed by atoms with Crippen molar-refractivity contribution in [1.82, 2.24) is 4.90 Å². The maximum Gasteiger partial charge on any atom is 0.339 e. The van der Waals surface area contributed by atoms with Crippen LogP contribution < -0.4 is 4.90 Å². The van der Waals surface area contributed by atoms with Gasteiger partial charge in [-0.25, -0.2) is 9.59 Å². The first-order chi connectivity index (χ1) is 13.3. The number of nitrogens with zero attached hydrogens (tertiary/aromatic N) is 2. The number of benzene rings is 2. The van der Waals surface area contributed by atoms with E-state index in [0.717, 1.165) is 11.3 Å². The van der Waals surface area contributed by atoms with E-state index in [1.807, 2.05) is 43.3 Å². The highest BCUT2D eigenvalue weighted by Crippen LogP contribution is 2.14. The third-order valence-corrected chi connectivity index (χ3v) is 4.18. The van der Waals surface area contributed by atoms with Crippen LogP contribution in [0.4, 0.5) is 5.69 Å². The van der Waals surface area contributed by atoms with Crippen LogP contribution >= 0.6 is 0 Å². The summed E-state index contributed by atoms with van der Waals surface area (Å²) in [6.07, 6.45) is 0. The van der Waals surface area contributed by atoms with Gasteiger partial charge in [-0.2, -0.15) is 0 Å². The van der Waals surface area contributed by atoms with Crippen molar-refractivity contribution in [2.45, 2.75) is 6.54 Å². The normalized spacial score (nSPS) is 10.1. The third kappa shape index (κ3) is 5.33. The zero-order valence-corrected chi connectivity index (χ0v) is 16.5. The van der Waals surface area contributed by atoms with Crippen molar-refractivity contribution in [3.05, 3.63) is 65.2 Å². The van der Waals surface area contributed by atoms with Crippen LogP contribution in [0.25, 0.3) is 0 Å². The second-order valence-corrected chi connectivity index (χ2v) is 6.42. The number of methoxy groups -OCH3 is 1. The molecule has 2 rings (SSSR count). The van der Waals surface area contributed by atoms with Crippen LogP contribution in [-0.4, -0.2) is 57.6 Å². The number of hydrogen-bond donors (Lipinski definition) is 0. The van der Waals surface area contributed by atoms with Gasteiger partial charge in [0.25, 0.3) is 5.91 Å². The molecule has 0 unspecified atom stereocenters. The van der Waals surface area contributed by atoms with Crippen LogP contribution in [0.1, 0.15) is 26.3 Å². The molecule has 2 aromatic carbocycles. The number of ether oxygens (including phenoxy) is 2. The smallest absolute Gasteiger partial charge is 0.339 e. The van der Waals surface area contributed by atoms with Gasteiger partial charge in [-0.15, -0.1) is 0 Å². The monoisotopic (exact) mass is 384 g/mol. The molecule has 2 aromatic rings. The van der Waals surface area contributed by atoms with Crippen molar-refractivity contribution in [3.8, 4) is 0 Å². The van der Waals surface area contributed by atoms with Gasteiger partial charge in [0, 0.05) is 33.4 Å². The lowest BCUT2D eigenvalue weighted by molar-refractivity contribution is -0.133. The minimum absolute atomic E-state index is 0.0593. The van der Waals surface area contributed by atoms with Gasteiger partial charge in [-0.3, -0.25) is 4.79 Å². The minimum atomic E-state index is -0.752. The van der Waals surface area contributed by atoms with Crippen LogP contribution in [0.15, 0.2) is 48.5 Å². The van der Waals surface area contributed by atoms with E-state index in [2.05, 4.69) is 4.74 Å². The number of amides is 1. The molecule has 0 atom stereocenters. The molecule has 1 amide bonds. The topological polar surface area (TPSA) is 76.2 Å². The molecule has 0 saturated carbocycles. The molecule has 148 valence electrons. The van der Waals surface area contributed by atoms with Gasteiger partial charge in [0.05, 0.1) is 18.2 Å². The number of likely N-dealkylation sites (N-methyl/N-ethyl adjacent to an activating group) is 1. The van der Waals surface area contributed by atoms with Crippen molar-refractivity contribution in [1.29, 1.82) is 0 Å². The van der Waals surface area contributed by atoms with Gasteiger partial charge in [-0.1, -0.05) is 24.3 Å². The molecule has 0 saturated heterocycles. The second-order valence-electron chi connectivity index (χ2n) is 6.42. The van der Waals surface area contributed by atoms with Crippen LogP contribution in [-0.2, 0) is 20.8 Å². The number of carbonyl (C=O) groups is 3. The van der Waals surface area contributed by atoms with E-state index in [-0.39, 0.29) is 17.0 Å². The summed E-state index contributed by atoms with van der Waals surface area (Å²) < 4.78 is 9.75. The highest BCUT2D eigenvalue weighted by Gasteiger charge is 2.20. The quantitative estimate of drug-likeness (QED) is 0.682. The van der Waals surface area contributed by atoms with E-state index in [9.17, 15) is 14.4 Å². The molecule has 0 spiro atoms. The number of hydrogen-bond acceptors (Lipinski definition) is 6. The minimum Gasteiger partial charge on any atom is -0.465 e. The average molecular weight is 384 g/mol. The van der Waals surface area contributed by atoms with Gasteiger partial charge < -0.3 is 19.3 Å². The standard InChI is InChI=1S/C21H24N2O5/c1-22(2)16-11-9-15(10-12-16)13-23(3)19(24)14-28-21(26)18-8-6-5-7-17(18)20(25)27-4/h5-12H,13-14H2,1-4H3. The molecule has 28 heavy (non-hydrogen) atoms. The molecule has 0 N–H and O–H groups in total. The molecule has 7 heteroatoms. The Balaban J connectivity index is 1.94. The Hall–Kier alpha value is -3.35. The number of carbonyl (C=O) groups excluding carboxylic acids is 3. The fourth-order valence-corrected chi connectivity index (χ4v) is 2.53. The first-order valence-electron chi connectivity index (χ1n) is 8.68. The molecule has 0 aromatic heterocycles. The largest absolute Gasteiger partial charge is 0.465 e. The van der Waals surface area contributed by atoms with E-state index in [0.29, 0.717) is 6.54 Å². The lowest BCUT2D eigenvalue weighted by atomic mass is 10.1. The van der Waals surface area contributed by atoms with Gasteiger partial charge in [-0.05, 0) is 29.8 Å². The van der Waals surface area contributed by atoms with Crippen LogP contribution in [0.3, 0.4) is 0 Å². The Kier molecular flexibility index (Phi) is 7.14. The van der Waals surface area contributed by atoms with Crippen LogP contribution in [0.5, 0.6) is 0 Å². The van der Waals surface area contributed by atoms with Crippen molar-refractivity contribution >= 4 is 23.5 Å². The average Bonchev–Trinajstić information content (AvgIpc) is 2.71. The Bertz CT molecular complexity index is 846. The molecular weight excluding hydrogens is 360 g/mol. The Morgan fingerprint density at radius 1 is 0.857 bits per heavy atom. The van der Waals surface area contributed by atoms with E-state index in [1.54, 1.807) is 19.2 Å². The second kappa shape index (κ2) is 9.55.